The van der Waals surface area contributed by atoms with E-state index in [1.807, 2.05) is 40.1 Å². The molecule has 0 radical (unpaired) electrons. The number of halogens is 1. The van der Waals surface area contributed by atoms with Crippen LogP contribution in [0.3, 0.4) is 0 Å². The number of hydrogen-bond donors (Lipinski definition) is 0. The van der Waals surface area contributed by atoms with Gasteiger partial charge in [0, 0.05) is 62.8 Å². The van der Waals surface area contributed by atoms with E-state index < -0.39 is 0 Å². The smallest absolute Gasteiger partial charge is 0.253 e. The predicted molar refractivity (Wildman–Crippen MR) is 123 cm³/mol. The van der Waals surface area contributed by atoms with Crippen molar-refractivity contribution in [3.8, 4) is 11.3 Å². The third kappa shape index (κ3) is 4.02. The van der Waals surface area contributed by atoms with Gasteiger partial charge < -0.3 is 14.7 Å². The van der Waals surface area contributed by atoms with Crippen LogP contribution in [0.25, 0.3) is 11.3 Å². The molecule has 1 amide bonds. The van der Waals surface area contributed by atoms with Gasteiger partial charge in [-0.25, -0.2) is 9.37 Å². The van der Waals surface area contributed by atoms with E-state index in [1.54, 1.807) is 24.5 Å². The molecule has 0 bridgehead atoms. The molecule has 7 heteroatoms. The zero-order chi connectivity index (χ0) is 21.9. The molecule has 0 atom stereocenters. The van der Waals surface area contributed by atoms with Gasteiger partial charge in [-0.2, -0.15) is 0 Å². The van der Waals surface area contributed by atoms with Crippen molar-refractivity contribution in [3.63, 3.8) is 0 Å². The number of aromatic nitrogens is 2. The summed E-state index contributed by atoms with van der Waals surface area (Å²) in [6.45, 7) is 4.29. The van der Waals surface area contributed by atoms with Crippen LogP contribution in [0, 0.1) is 5.82 Å². The molecule has 3 aromatic rings. The van der Waals surface area contributed by atoms with Gasteiger partial charge >= 0.3 is 0 Å². The Bertz CT molecular complexity index is 1110. The van der Waals surface area contributed by atoms with Gasteiger partial charge in [-0.05, 0) is 37.1 Å². The van der Waals surface area contributed by atoms with E-state index in [4.69, 9.17) is 0 Å². The number of carbonyl (C=O) groups is 1. The summed E-state index contributed by atoms with van der Waals surface area (Å²) in [5.41, 5.74) is 2.95. The number of rotatable bonds is 4. The van der Waals surface area contributed by atoms with Gasteiger partial charge in [0.15, 0.2) is 5.82 Å². The third-order valence-corrected chi connectivity index (χ3v) is 6.23. The maximum absolute atomic E-state index is 14.1. The molecule has 2 aliphatic rings. The van der Waals surface area contributed by atoms with E-state index in [1.165, 1.54) is 6.07 Å². The Balaban J connectivity index is 1.32. The molecule has 0 aliphatic carbocycles. The normalized spacial score (nSPS) is 16.5. The lowest BCUT2D eigenvalue weighted by Crippen LogP contribution is -2.49. The molecule has 0 saturated carbocycles. The standard InChI is InChI=1S/C25H26FN5O/c26-21-8-1-2-9-22(21)29-14-16-31(17-15-29)25(32)20-7-5-6-19(18-20)23-24(28-11-10-27-23)30-12-3-4-13-30/h1-2,5-11,18H,3-4,12-17H2. The molecular formula is C25H26FN5O. The lowest BCUT2D eigenvalue weighted by atomic mass is 10.1. The molecule has 1 aromatic heterocycles. The number of anilines is 2. The first-order valence-electron chi connectivity index (χ1n) is 11.2. The first-order valence-corrected chi connectivity index (χ1v) is 11.2. The molecule has 164 valence electrons. The quantitative estimate of drug-likeness (QED) is 0.628. The molecule has 2 fully saturated rings. The van der Waals surface area contributed by atoms with E-state index in [0.717, 1.165) is 43.0 Å². The first-order chi connectivity index (χ1) is 15.7. The molecule has 2 saturated heterocycles. The van der Waals surface area contributed by atoms with Gasteiger partial charge in [0.1, 0.15) is 11.5 Å². The molecule has 2 aliphatic heterocycles. The molecule has 0 unspecified atom stereocenters. The summed E-state index contributed by atoms with van der Waals surface area (Å²) in [7, 11) is 0. The highest BCUT2D eigenvalue weighted by molar-refractivity contribution is 5.96. The minimum absolute atomic E-state index is 0.00773. The lowest BCUT2D eigenvalue weighted by Gasteiger charge is -2.36. The Labute approximate surface area is 187 Å². The fourth-order valence-corrected chi connectivity index (χ4v) is 4.54. The Morgan fingerprint density at radius 3 is 2.34 bits per heavy atom. The van der Waals surface area contributed by atoms with Crippen LogP contribution in [-0.4, -0.2) is 60.0 Å². The van der Waals surface area contributed by atoms with Crippen molar-refractivity contribution in [1.29, 1.82) is 0 Å². The topological polar surface area (TPSA) is 52.6 Å². The van der Waals surface area contributed by atoms with Crippen LogP contribution in [-0.2, 0) is 0 Å². The summed E-state index contributed by atoms with van der Waals surface area (Å²) in [4.78, 5) is 28.5. The Kier molecular flexibility index (Phi) is 5.71. The fraction of sp³-hybridized carbons (Fsp3) is 0.320. The second-order valence-electron chi connectivity index (χ2n) is 8.23. The van der Waals surface area contributed by atoms with Crippen molar-refractivity contribution in [3.05, 3.63) is 72.3 Å². The maximum atomic E-state index is 14.1. The fourth-order valence-electron chi connectivity index (χ4n) is 4.54. The third-order valence-electron chi connectivity index (χ3n) is 6.23. The summed E-state index contributed by atoms with van der Waals surface area (Å²) in [6.07, 6.45) is 5.74. The number of nitrogens with zero attached hydrogens (tertiary/aromatic N) is 5. The number of amides is 1. The van der Waals surface area contributed by atoms with Crippen molar-refractivity contribution in [2.75, 3.05) is 49.1 Å². The van der Waals surface area contributed by atoms with Crippen molar-refractivity contribution in [2.24, 2.45) is 0 Å². The van der Waals surface area contributed by atoms with Crippen molar-refractivity contribution >= 4 is 17.4 Å². The molecule has 0 N–H and O–H groups in total. The monoisotopic (exact) mass is 431 g/mol. The number of carbonyl (C=O) groups excluding carboxylic acids is 1. The van der Waals surface area contributed by atoms with E-state index in [2.05, 4.69) is 14.9 Å². The summed E-state index contributed by atoms with van der Waals surface area (Å²) < 4.78 is 14.1. The maximum Gasteiger partial charge on any atom is 0.253 e. The average molecular weight is 432 g/mol. The number of hydrogen-bond acceptors (Lipinski definition) is 5. The average Bonchev–Trinajstić information content (AvgIpc) is 3.39. The second kappa shape index (κ2) is 8.94. The molecule has 3 heterocycles. The number of para-hydroxylation sites is 1. The number of piperazine rings is 1. The SMILES string of the molecule is O=C(c1cccc(-c2nccnc2N2CCCC2)c1)N1CCN(c2ccccc2F)CC1. The van der Waals surface area contributed by atoms with Crippen LogP contribution in [0.15, 0.2) is 60.9 Å². The minimum atomic E-state index is -0.224. The Hall–Kier alpha value is -3.48. The van der Waals surface area contributed by atoms with Gasteiger partial charge in [-0.1, -0.05) is 24.3 Å². The van der Waals surface area contributed by atoms with Gasteiger partial charge in [-0.3, -0.25) is 9.78 Å². The summed E-state index contributed by atoms with van der Waals surface area (Å²) in [5, 5.41) is 0. The highest BCUT2D eigenvalue weighted by Gasteiger charge is 2.24. The van der Waals surface area contributed by atoms with Gasteiger partial charge in [0.25, 0.3) is 5.91 Å². The predicted octanol–water partition coefficient (Wildman–Crippen LogP) is 3.85. The molecular weight excluding hydrogens is 405 g/mol. The highest BCUT2D eigenvalue weighted by Crippen LogP contribution is 2.30. The largest absolute Gasteiger partial charge is 0.366 e. The molecule has 32 heavy (non-hydrogen) atoms. The van der Waals surface area contributed by atoms with E-state index in [-0.39, 0.29) is 11.7 Å². The number of benzene rings is 2. The van der Waals surface area contributed by atoms with Crippen molar-refractivity contribution in [1.82, 2.24) is 14.9 Å². The first kappa shape index (κ1) is 20.4. The summed E-state index contributed by atoms with van der Waals surface area (Å²) >= 11 is 0. The van der Waals surface area contributed by atoms with Crippen molar-refractivity contribution in [2.45, 2.75) is 12.8 Å². The minimum Gasteiger partial charge on any atom is -0.366 e. The zero-order valence-electron chi connectivity index (χ0n) is 18.0. The molecule has 5 rings (SSSR count). The van der Waals surface area contributed by atoms with Crippen molar-refractivity contribution < 1.29 is 9.18 Å². The Morgan fingerprint density at radius 2 is 1.56 bits per heavy atom. The highest BCUT2D eigenvalue weighted by atomic mass is 19.1. The van der Waals surface area contributed by atoms with Crippen LogP contribution in [0.4, 0.5) is 15.9 Å². The van der Waals surface area contributed by atoms with E-state index in [9.17, 15) is 9.18 Å². The Morgan fingerprint density at radius 1 is 0.812 bits per heavy atom. The second-order valence-corrected chi connectivity index (χ2v) is 8.23. The molecule has 6 nitrogen and oxygen atoms in total. The lowest BCUT2D eigenvalue weighted by molar-refractivity contribution is 0.0746. The molecule has 2 aromatic carbocycles. The summed E-state index contributed by atoms with van der Waals surface area (Å²) in [6, 6.07) is 14.4. The zero-order valence-corrected chi connectivity index (χ0v) is 18.0. The van der Waals surface area contributed by atoms with Gasteiger partial charge in [-0.15, -0.1) is 0 Å². The van der Waals surface area contributed by atoms with Crippen LogP contribution in [0.5, 0.6) is 0 Å². The van der Waals surface area contributed by atoms with E-state index >= 15 is 0 Å². The van der Waals surface area contributed by atoms with Crippen LogP contribution in [0.2, 0.25) is 0 Å². The van der Waals surface area contributed by atoms with Gasteiger partial charge in [0.2, 0.25) is 0 Å². The summed E-state index contributed by atoms with van der Waals surface area (Å²) in [5.74, 6) is 0.650. The van der Waals surface area contributed by atoms with Crippen LogP contribution in [0.1, 0.15) is 23.2 Å². The van der Waals surface area contributed by atoms with Gasteiger partial charge in [0.05, 0.1) is 5.69 Å². The van der Waals surface area contributed by atoms with Crippen LogP contribution >= 0.6 is 0 Å². The molecule has 0 spiro atoms. The van der Waals surface area contributed by atoms with E-state index in [0.29, 0.717) is 37.4 Å². The van der Waals surface area contributed by atoms with Crippen LogP contribution < -0.4 is 9.80 Å².